The molecule has 2 atom stereocenters. The Balaban J connectivity index is 2.65. The Bertz CT molecular complexity index is 417. The maximum absolute atomic E-state index is 12.9. The predicted octanol–water partition coefficient (Wildman–Crippen LogP) is 2.36. The molecule has 1 aromatic rings. The van der Waals surface area contributed by atoms with Crippen molar-refractivity contribution in [2.45, 2.75) is 33.2 Å². The Morgan fingerprint density at radius 3 is 2.30 bits per heavy atom. The van der Waals surface area contributed by atoms with E-state index in [-0.39, 0.29) is 23.7 Å². The Morgan fingerprint density at radius 2 is 1.80 bits per heavy atom. The number of carbonyl (C=O) groups is 1. The van der Waals surface area contributed by atoms with Gasteiger partial charge in [0.05, 0.1) is 0 Å². The van der Waals surface area contributed by atoms with E-state index in [4.69, 9.17) is 0 Å². The summed E-state index contributed by atoms with van der Waals surface area (Å²) in [6.45, 7) is 6.72. The molecule has 1 rings (SSSR count). The summed E-state index contributed by atoms with van der Waals surface area (Å²) >= 11 is 0. The first-order valence-electron chi connectivity index (χ1n) is 7.13. The molecule has 0 aliphatic carbocycles. The molecule has 0 heterocycles. The summed E-state index contributed by atoms with van der Waals surface area (Å²) < 4.78 is 12.9. The van der Waals surface area contributed by atoms with Gasteiger partial charge in [-0.25, -0.2) is 4.39 Å². The molecule has 0 fully saturated rings. The fourth-order valence-corrected chi connectivity index (χ4v) is 2.05. The summed E-state index contributed by atoms with van der Waals surface area (Å²) in [4.78, 5) is 12.1. The molecule has 0 aliphatic heterocycles. The summed E-state index contributed by atoms with van der Waals surface area (Å²) in [6.07, 6.45) is 0.718. The van der Waals surface area contributed by atoms with Crippen LogP contribution >= 0.6 is 0 Å². The average molecular weight is 280 g/mol. The van der Waals surface area contributed by atoms with Crippen molar-refractivity contribution in [1.82, 2.24) is 10.6 Å². The van der Waals surface area contributed by atoms with Crippen LogP contribution in [0.15, 0.2) is 24.3 Å². The minimum absolute atomic E-state index is 0.0557. The van der Waals surface area contributed by atoms with Crippen LogP contribution in [-0.2, 0) is 11.2 Å². The SMILES string of the molecule is CNCC(C)C(=O)NC(Cc1ccc(F)cc1)C(C)C. The molecule has 2 unspecified atom stereocenters. The second-order valence-electron chi connectivity index (χ2n) is 5.65. The van der Waals surface area contributed by atoms with Gasteiger partial charge >= 0.3 is 0 Å². The standard InChI is InChI=1S/C16H25FN2O/c1-11(2)15(19-16(20)12(3)10-18-4)9-13-5-7-14(17)8-6-13/h5-8,11-12,15,18H,9-10H2,1-4H3,(H,19,20). The smallest absolute Gasteiger partial charge is 0.224 e. The molecule has 0 bridgehead atoms. The number of amides is 1. The highest BCUT2D eigenvalue weighted by atomic mass is 19.1. The average Bonchev–Trinajstić information content (AvgIpc) is 2.40. The highest BCUT2D eigenvalue weighted by Gasteiger charge is 2.20. The Kier molecular flexibility index (Phi) is 6.65. The zero-order valence-electron chi connectivity index (χ0n) is 12.7. The summed E-state index contributed by atoms with van der Waals surface area (Å²) in [5.41, 5.74) is 1.03. The molecule has 0 aliphatic rings. The Hall–Kier alpha value is -1.42. The number of halogens is 1. The van der Waals surface area contributed by atoms with E-state index in [0.717, 1.165) is 12.0 Å². The van der Waals surface area contributed by atoms with Crippen LogP contribution in [0.1, 0.15) is 26.3 Å². The zero-order chi connectivity index (χ0) is 15.1. The maximum Gasteiger partial charge on any atom is 0.224 e. The topological polar surface area (TPSA) is 41.1 Å². The quantitative estimate of drug-likeness (QED) is 0.805. The van der Waals surface area contributed by atoms with Crippen LogP contribution in [0, 0.1) is 17.7 Å². The molecule has 20 heavy (non-hydrogen) atoms. The van der Waals surface area contributed by atoms with Crippen molar-refractivity contribution < 1.29 is 9.18 Å². The number of carbonyl (C=O) groups excluding carboxylic acids is 1. The van der Waals surface area contributed by atoms with Crippen molar-refractivity contribution in [3.63, 3.8) is 0 Å². The third-order valence-corrected chi connectivity index (χ3v) is 3.46. The number of nitrogens with one attached hydrogen (secondary N) is 2. The Labute approximate surface area is 121 Å². The number of rotatable bonds is 7. The van der Waals surface area contributed by atoms with Crippen LogP contribution in [0.2, 0.25) is 0 Å². The van der Waals surface area contributed by atoms with Gasteiger partial charge in [-0.3, -0.25) is 4.79 Å². The van der Waals surface area contributed by atoms with Crippen LogP contribution < -0.4 is 10.6 Å². The second-order valence-corrected chi connectivity index (χ2v) is 5.65. The van der Waals surface area contributed by atoms with Crippen LogP contribution in [-0.4, -0.2) is 25.5 Å². The normalized spacial score (nSPS) is 14.1. The molecule has 0 aromatic heterocycles. The van der Waals surface area contributed by atoms with E-state index in [9.17, 15) is 9.18 Å². The molecular weight excluding hydrogens is 255 g/mol. The maximum atomic E-state index is 12.9. The van der Waals surface area contributed by atoms with E-state index >= 15 is 0 Å². The minimum atomic E-state index is -0.235. The summed E-state index contributed by atoms with van der Waals surface area (Å²) in [7, 11) is 1.84. The van der Waals surface area contributed by atoms with Gasteiger partial charge in [-0.1, -0.05) is 32.9 Å². The molecule has 1 amide bonds. The third-order valence-electron chi connectivity index (χ3n) is 3.46. The largest absolute Gasteiger partial charge is 0.353 e. The molecule has 3 nitrogen and oxygen atoms in total. The van der Waals surface area contributed by atoms with Gasteiger partial charge < -0.3 is 10.6 Å². The van der Waals surface area contributed by atoms with Gasteiger partial charge in [-0.05, 0) is 37.1 Å². The van der Waals surface area contributed by atoms with Gasteiger partial charge in [0, 0.05) is 18.5 Å². The van der Waals surface area contributed by atoms with Gasteiger partial charge in [-0.15, -0.1) is 0 Å². The van der Waals surface area contributed by atoms with Gasteiger partial charge in [0.2, 0.25) is 5.91 Å². The molecule has 0 saturated carbocycles. The van der Waals surface area contributed by atoms with Crippen molar-refractivity contribution in [2.24, 2.45) is 11.8 Å². The lowest BCUT2D eigenvalue weighted by Gasteiger charge is -2.24. The van der Waals surface area contributed by atoms with Crippen molar-refractivity contribution >= 4 is 5.91 Å². The number of hydrogen-bond acceptors (Lipinski definition) is 2. The summed E-state index contributed by atoms with van der Waals surface area (Å²) in [6, 6.07) is 6.52. The van der Waals surface area contributed by atoms with Crippen LogP contribution in [0.5, 0.6) is 0 Å². The van der Waals surface area contributed by atoms with E-state index < -0.39 is 0 Å². The highest BCUT2D eigenvalue weighted by molar-refractivity contribution is 5.78. The molecular formula is C16H25FN2O. The second kappa shape index (κ2) is 8.00. The highest BCUT2D eigenvalue weighted by Crippen LogP contribution is 2.12. The lowest BCUT2D eigenvalue weighted by molar-refractivity contribution is -0.125. The van der Waals surface area contributed by atoms with Gasteiger partial charge in [-0.2, -0.15) is 0 Å². The molecule has 1 aromatic carbocycles. The first-order valence-corrected chi connectivity index (χ1v) is 7.13. The van der Waals surface area contributed by atoms with E-state index in [2.05, 4.69) is 24.5 Å². The van der Waals surface area contributed by atoms with Crippen LogP contribution in [0.3, 0.4) is 0 Å². The van der Waals surface area contributed by atoms with Crippen molar-refractivity contribution in [1.29, 1.82) is 0 Å². The lowest BCUT2D eigenvalue weighted by atomic mass is 9.95. The first-order chi connectivity index (χ1) is 9.43. The van der Waals surface area contributed by atoms with Crippen molar-refractivity contribution in [3.05, 3.63) is 35.6 Å². The fourth-order valence-electron chi connectivity index (χ4n) is 2.05. The Morgan fingerprint density at radius 1 is 1.20 bits per heavy atom. The van der Waals surface area contributed by atoms with E-state index in [0.29, 0.717) is 12.5 Å². The summed E-state index contributed by atoms with van der Waals surface area (Å²) in [5.74, 6) is 0.0851. The van der Waals surface area contributed by atoms with Gasteiger partial charge in [0.1, 0.15) is 5.82 Å². The predicted molar refractivity (Wildman–Crippen MR) is 80.0 cm³/mol. The van der Waals surface area contributed by atoms with Gasteiger partial charge in [0.25, 0.3) is 0 Å². The van der Waals surface area contributed by atoms with E-state index in [1.807, 2.05) is 14.0 Å². The molecule has 0 saturated heterocycles. The van der Waals surface area contributed by atoms with Crippen molar-refractivity contribution in [2.75, 3.05) is 13.6 Å². The zero-order valence-corrected chi connectivity index (χ0v) is 12.7. The molecule has 0 radical (unpaired) electrons. The molecule has 112 valence electrons. The minimum Gasteiger partial charge on any atom is -0.353 e. The third kappa shape index (κ3) is 5.29. The van der Waals surface area contributed by atoms with Crippen LogP contribution in [0.4, 0.5) is 4.39 Å². The van der Waals surface area contributed by atoms with Crippen LogP contribution in [0.25, 0.3) is 0 Å². The van der Waals surface area contributed by atoms with E-state index in [1.54, 1.807) is 12.1 Å². The molecule has 0 spiro atoms. The first kappa shape index (κ1) is 16.6. The lowest BCUT2D eigenvalue weighted by Crippen LogP contribution is -2.44. The van der Waals surface area contributed by atoms with Gasteiger partial charge in [0.15, 0.2) is 0 Å². The fraction of sp³-hybridized carbons (Fsp3) is 0.562. The van der Waals surface area contributed by atoms with E-state index in [1.165, 1.54) is 12.1 Å². The molecule has 2 N–H and O–H groups in total. The number of hydrogen-bond donors (Lipinski definition) is 2. The van der Waals surface area contributed by atoms with Crippen molar-refractivity contribution in [3.8, 4) is 0 Å². The molecule has 4 heteroatoms. The monoisotopic (exact) mass is 280 g/mol. The number of benzene rings is 1. The summed E-state index contributed by atoms with van der Waals surface area (Å²) in [5, 5.41) is 6.10.